The molecule has 15 heteroatoms. The van der Waals surface area contributed by atoms with Crippen LogP contribution in [-0.2, 0) is 44.6 Å². The molecule has 1 heterocycles. The van der Waals surface area contributed by atoms with Gasteiger partial charge in [-0.05, 0) is 61.9 Å². The minimum atomic E-state index is -0.601. The summed E-state index contributed by atoms with van der Waals surface area (Å²) in [7, 11) is 1.54. The Hall–Kier alpha value is -5.25. The third kappa shape index (κ3) is 12.1. The summed E-state index contributed by atoms with van der Waals surface area (Å²) < 4.78 is 33.0. The van der Waals surface area contributed by atoms with E-state index >= 15 is 0 Å². The SMILES string of the molecule is [C-]#[N+]/C(C#N)=C1\Sc2c(OC(=O)C3CCC(C(=O)Oc4ccc(CCOC(=O)CCC(=O)OCC(C)(C)COC(=O)C=C)cc4)CC3)cc(C)c(OC)c2S1. The van der Waals surface area contributed by atoms with Crippen molar-refractivity contribution in [3.63, 3.8) is 0 Å². The number of nitrogens with zero attached hydrogens (tertiary/aromatic N) is 2. The van der Waals surface area contributed by atoms with Crippen LogP contribution < -0.4 is 14.2 Å². The topological polar surface area (TPSA) is 169 Å². The van der Waals surface area contributed by atoms with Gasteiger partial charge in [-0.25, -0.2) is 14.9 Å². The van der Waals surface area contributed by atoms with Crippen LogP contribution in [0.3, 0.4) is 0 Å². The normalized spacial score (nSPS) is 17.0. The van der Waals surface area contributed by atoms with E-state index in [0.717, 1.165) is 17.2 Å². The van der Waals surface area contributed by atoms with Crippen molar-refractivity contribution in [1.29, 1.82) is 5.26 Å². The van der Waals surface area contributed by atoms with Gasteiger partial charge in [-0.3, -0.25) is 19.2 Å². The van der Waals surface area contributed by atoms with E-state index in [0.29, 0.717) is 63.4 Å². The Morgan fingerprint density at radius 2 is 1.51 bits per heavy atom. The number of carbonyl (C=O) groups is 5. The van der Waals surface area contributed by atoms with E-state index in [9.17, 15) is 29.2 Å². The van der Waals surface area contributed by atoms with Crippen molar-refractivity contribution < 1.29 is 52.4 Å². The summed E-state index contributed by atoms with van der Waals surface area (Å²) in [5.41, 5.74) is 0.961. The fourth-order valence-corrected chi connectivity index (χ4v) is 8.19. The smallest absolute Gasteiger partial charge is 0.330 e. The van der Waals surface area contributed by atoms with Gasteiger partial charge in [-0.1, -0.05) is 56.1 Å². The van der Waals surface area contributed by atoms with E-state index in [1.807, 2.05) is 13.0 Å². The molecule has 290 valence electrons. The molecule has 0 bridgehead atoms. The third-order valence-electron chi connectivity index (χ3n) is 8.68. The molecule has 0 amide bonds. The van der Waals surface area contributed by atoms with E-state index in [4.69, 9.17) is 35.0 Å². The highest BCUT2D eigenvalue weighted by Crippen LogP contribution is 2.60. The molecule has 13 nitrogen and oxygen atoms in total. The predicted octanol–water partition coefficient (Wildman–Crippen LogP) is 7.30. The van der Waals surface area contributed by atoms with Crippen LogP contribution in [0.1, 0.15) is 63.5 Å². The van der Waals surface area contributed by atoms with Gasteiger partial charge in [-0.15, -0.1) is 0 Å². The molecule has 0 radical (unpaired) electrons. The van der Waals surface area contributed by atoms with Crippen molar-refractivity contribution in [1.82, 2.24) is 0 Å². The average molecular weight is 791 g/mol. The lowest BCUT2D eigenvalue weighted by atomic mass is 9.82. The number of allylic oxidation sites excluding steroid dienone is 1. The number of thioether (sulfide) groups is 2. The minimum Gasteiger partial charge on any atom is -0.495 e. The Morgan fingerprint density at radius 3 is 2.09 bits per heavy atom. The second-order valence-electron chi connectivity index (χ2n) is 13.6. The van der Waals surface area contributed by atoms with Crippen molar-refractivity contribution in [3.8, 4) is 23.3 Å². The van der Waals surface area contributed by atoms with Crippen molar-refractivity contribution in [2.75, 3.05) is 26.9 Å². The number of methoxy groups -OCH3 is 1. The van der Waals surface area contributed by atoms with E-state index in [-0.39, 0.29) is 50.2 Å². The molecular weight excluding hydrogens is 749 g/mol. The summed E-state index contributed by atoms with van der Waals surface area (Å²) in [5, 5.41) is 9.37. The molecule has 0 spiro atoms. The van der Waals surface area contributed by atoms with Crippen LogP contribution >= 0.6 is 23.5 Å². The molecule has 55 heavy (non-hydrogen) atoms. The molecule has 0 unspecified atom stereocenters. The maximum Gasteiger partial charge on any atom is 0.330 e. The number of ether oxygens (including phenoxy) is 6. The van der Waals surface area contributed by atoms with Gasteiger partial charge in [0, 0.05) is 17.9 Å². The highest BCUT2D eigenvalue weighted by molar-refractivity contribution is 8.24. The van der Waals surface area contributed by atoms with Gasteiger partial charge in [-0.2, -0.15) is 0 Å². The quantitative estimate of drug-likeness (QED) is 0.0415. The molecule has 0 N–H and O–H groups in total. The van der Waals surface area contributed by atoms with Gasteiger partial charge >= 0.3 is 29.8 Å². The number of rotatable bonds is 16. The first-order valence-corrected chi connectivity index (χ1v) is 19.1. The Kier molecular flexibility index (Phi) is 15.4. The van der Waals surface area contributed by atoms with Gasteiger partial charge in [0.1, 0.15) is 17.2 Å². The molecule has 2 aliphatic rings. The Labute approximate surface area is 328 Å². The van der Waals surface area contributed by atoms with Crippen LogP contribution in [0.4, 0.5) is 0 Å². The number of hydrogen-bond acceptors (Lipinski definition) is 14. The van der Waals surface area contributed by atoms with Gasteiger partial charge in [0.05, 0.1) is 78.3 Å². The first-order valence-electron chi connectivity index (χ1n) is 17.5. The van der Waals surface area contributed by atoms with Crippen LogP contribution in [0.2, 0.25) is 0 Å². The fourth-order valence-electron chi connectivity index (χ4n) is 5.61. The summed E-state index contributed by atoms with van der Waals surface area (Å²) in [4.78, 5) is 66.3. The van der Waals surface area contributed by atoms with E-state index in [1.54, 1.807) is 44.2 Å². The van der Waals surface area contributed by atoms with E-state index < -0.39 is 35.2 Å². The lowest BCUT2D eigenvalue weighted by Crippen LogP contribution is -2.30. The van der Waals surface area contributed by atoms with Crippen molar-refractivity contribution in [3.05, 3.63) is 75.5 Å². The molecule has 1 saturated carbocycles. The lowest BCUT2D eigenvalue weighted by molar-refractivity contribution is -0.154. The van der Waals surface area contributed by atoms with Crippen molar-refractivity contribution >= 4 is 53.4 Å². The minimum absolute atomic E-state index is 0.0137. The molecule has 2 aromatic carbocycles. The van der Waals surface area contributed by atoms with Crippen LogP contribution in [0.15, 0.2) is 62.7 Å². The second-order valence-corrected chi connectivity index (χ2v) is 15.9. The summed E-state index contributed by atoms with van der Waals surface area (Å²) in [6, 6.07) is 10.5. The number of aryl methyl sites for hydroxylation is 1. The van der Waals surface area contributed by atoms with E-state index in [1.165, 1.54) is 30.6 Å². The molecule has 0 aromatic heterocycles. The fraction of sp³-hybridized carbons (Fsp3) is 0.425. The second kappa shape index (κ2) is 19.9. The Bertz CT molecular complexity index is 1900. The summed E-state index contributed by atoms with van der Waals surface area (Å²) in [6.07, 6.45) is 3.00. The monoisotopic (exact) mass is 790 g/mol. The van der Waals surface area contributed by atoms with Crippen LogP contribution in [0, 0.1) is 42.1 Å². The number of fused-ring (bicyclic) bond motifs is 1. The predicted molar refractivity (Wildman–Crippen MR) is 202 cm³/mol. The molecule has 0 atom stereocenters. The Balaban J connectivity index is 1.17. The number of esters is 5. The van der Waals surface area contributed by atoms with Crippen molar-refractivity contribution in [2.45, 2.75) is 75.5 Å². The molecule has 1 fully saturated rings. The molecule has 0 saturated heterocycles. The number of hydrogen-bond donors (Lipinski definition) is 0. The highest BCUT2D eigenvalue weighted by Gasteiger charge is 2.35. The first kappa shape index (κ1) is 42.5. The maximum absolute atomic E-state index is 13.3. The Morgan fingerprint density at radius 1 is 0.927 bits per heavy atom. The van der Waals surface area contributed by atoms with Gasteiger partial charge < -0.3 is 28.4 Å². The van der Waals surface area contributed by atoms with Crippen molar-refractivity contribution in [2.24, 2.45) is 17.3 Å². The van der Waals surface area contributed by atoms with Crippen LogP contribution in [-0.4, -0.2) is 56.8 Å². The number of nitriles is 1. The third-order valence-corrected chi connectivity index (χ3v) is 11.3. The van der Waals surface area contributed by atoms with Gasteiger partial charge in [0.25, 0.3) is 5.70 Å². The molecule has 4 rings (SSSR count). The zero-order valence-electron chi connectivity index (χ0n) is 31.1. The van der Waals surface area contributed by atoms with Gasteiger partial charge in [0.15, 0.2) is 0 Å². The van der Waals surface area contributed by atoms with E-state index in [2.05, 4.69) is 11.4 Å². The maximum atomic E-state index is 13.3. The number of carbonyl (C=O) groups excluding carboxylic acids is 5. The molecule has 2 aromatic rings. The zero-order chi connectivity index (χ0) is 40.1. The summed E-state index contributed by atoms with van der Waals surface area (Å²) in [5.74, 6) is -1.92. The first-order chi connectivity index (χ1) is 26.3. The van der Waals surface area contributed by atoms with Gasteiger partial charge in [0.2, 0.25) is 0 Å². The summed E-state index contributed by atoms with van der Waals surface area (Å²) >= 11 is 2.46. The highest BCUT2D eigenvalue weighted by atomic mass is 32.2. The summed E-state index contributed by atoms with van der Waals surface area (Å²) in [6.45, 7) is 16.2. The number of benzene rings is 2. The lowest BCUT2D eigenvalue weighted by Gasteiger charge is -2.26. The molecule has 1 aliphatic heterocycles. The molecule has 1 aliphatic carbocycles. The molecular formula is C40H42N2O11S2. The average Bonchev–Trinajstić information content (AvgIpc) is 3.62. The van der Waals surface area contributed by atoms with Crippen LogP contribution in [0.25, 0.3) is 4.85 Å². The standard InChI is InChI=1S/C40H42N2O11S2/c1-7-31(43)50-22-40(3,4)23-51-33(45)17-16-32(44)49-19-18-25-8-14-28(15-9-25)52-37(46)26-10-12-27(13-11-26)38(47)53-30-20-24(2)34(48-6)36-35(30)54-39(55-36)29(21-41)42-5/h7-9,14-15,20,26-27H,1,10-13,16-19,22-23H2,2-4,6H3/b39-29+. The largest absolute Gasteiger partial charge is 0.495 e. The zero-order valence-corrected chi connectivity index (χ0v) is 32.7. The van der Waals surface area contributed by atoms with Crippen LogP contribution in [0.5, 0.6) is 17.2 Å².